The molecule has 1 fully saturated rings. The van der Waals surface area contributed by atoms with Crippen LogP contribution in [0, 0.1) is 5.41 Å². The molecule has 0 aliphatic heterocycles. The van der Waals surface area contributed by atoms with Crippen LogP contribution in [0.3, 0.4) is 0 Å². The summed E-state index contributed by atoms with van der Waals surface area (Å²) < 4.78 is 39.5. The second-order valence-electron chi connectivity index (χ2n) is 6.02. The van der Waals surface area contributed by atoms with Gasteiger partial charge in [0.2, 0.25) is 0 Å². The number of carbonyl (C=O) groups is 2. The van der Waals surface area contributed by atoms with Gasteiger partial charge in [-0.15, -0.1) is 0 Å². The molecule has 1 saturated carbocycles. The second-order valence-corrected chi connectivity index (χ2v) is 8.04. The fourth-order valence-electron chi connectivity index (χ4n) is 1.92. The van der Waals surface area contributed by atoms with Crippen LogP contribution in [0.4, 0.5) is 0 Å². The van der Waals surface area contributed by atoms with Crippen molar-refractivity contribution in [2.45, 2.75) is 46.0 Å². The van der Waals surface area contributed by atoms with E-state index in [1.165, 1.54) is 6.92 Å². The van der Waals surface area contributed by atoms with Gasteiger partial charge in [-0.25, -0.2) is 0 Å². The summed E-state index contributed by atoms with van der Waals surface area (Å²) in [5, 5.41) is 0.774. The highest BCUT2D eigenvalue weighted by molar-refractivity contribution is 9.09. The van der Waals surface area contributed by atoms with Crippen LogP contribution in [0.1, 0.15) is 46.0 Å². The monoisotopic (exact) mass is 442 g/mol. The molecule has 1 N–H and O–H groups in total. The van der Waals surface area contributed by atoms with Crippen molar-refractivity contribution in [3.63, 3.8) is 0 Å². The molecular formula is C16H27BrO7S. The summed E-state index contributed by atoms with van der Waals surface area (Å²) in [5.41, 5.74) is 0.706. The van der Waals surface area contributed by atoms with Gasteiger partial charge >= 0.3 is 11.9 Å². The first-order chi connectivity index (χ1) is 11.5. The lowest BCUT2D eigenvalue weighted by atomic mass is 10.1. The average molecular weight is 443 g/mol. The highest BCUT2D eigenvalue weighted by atomic mass is 79.9. The van der Waals surface area contributed by atoms with E-state index in [-0.39, 0.29) is 29.7 Å². The first-order valence-electron chi connectivity index (χ1n) is 8.00. The van der Waals surface area contributed by atoms with Crippen molar-refractivity contribution in [2.24, 2.45) is 5.41 Å². The predicted molar refractivity (Wildman–Crippen MR) is 98.1 cm³/mol. The molecule has 0 amide bonds. The van der Waals surface area contributed by atoms with Gasteiger partial charge in [0.1, 0.15) is 0 Å². The second kappa shape index (κ2) is 11.6. The topological polar surface area (TPSA) is 107 Å². The summed E-state index contributed by atoms with van der Waals surface area (Å²) in [7, 11) is -3.91. The highest BCUT2D eigenvalue weighted by Gasteiger charge is 2.45. The van der Waals surface area contributed by atoms with Crippen molar-refractivity contribution >= 4 is 38.0 Å². The third-order valence-electron chi connectivity index (χ3n) is 3.58. The van der Waals surface area contributed by atoms with E-state index in [0.717, 1.165) is 30.2 Å². The molecule has 1 aliphatic carbocycles. The SMILES string of the molecule is C=C(CBr)CCOC(=O)CC.CC(=O)OCCC1(CS(=O)(=O)O)CC1. The van der Waals surface area contributed by atoms with E-state index in [0.29, 0.717) is 19.4 Å². The van der Waals surface area contributed by atoms with Crippen LogP contribution < -0.4 is 0 Å². The summed E-state index contributed by atoms with van der Waals surface area (Å²) in [5.74, 6) is -0.735. The maximum absolute atomic E-state index is 10.6. The Bertz CT molecular complexity index is 537. The molecule has 1 rings (SSSR count). The Hall–Kier alpha value is -0.930. The van der Waals surface area contributed by atoms with E-state index in [1.54, 1.807) is 6.92 Å². The Morgan fingerprint density at radius 1 is 1.24 bits per heavy atom. The van der Waals surface area contributed by atoms with Crippen molar-refractivity contribution in [2.75, 3.05) is 24.3 Å². The van der Waals surface area contributed by atoms with Crippen LogP contribution in [0.15, 0.2) is 12.2 Å². The molecule has 0 atom stereocenters. The third kappa shape index (κ3) is 14.0. The van der Waals surface area contributed by atoms with Gasteiger partial charge in [-0.2, -0.15) is 8.42 Å². The third-order valence-corrected chi connectivity index (χ3v) is 5.35. The molecule has 0 aromatic rings. The summed E-state index contributed by atoms with van der Waals surface area (Å²) in [6, 6.07) is 0. The van der Waals surface area contributed by atoms with Crippen LogP contribution in [-0.4, -0.2) is 49.2 Å². The van der Waals surface area contributed by atoms with E-state index >= 15 is 0 Å². The molecule has 0 heterocycles. The summed E-state index contributed by atoms with van der Waals surface area (Å²) in [6.45, 7) is 7.53. The lowest BCUT2D eigenvalue weighted by molar-refractivity contribution is -0.143. The maximum atomic E-state index is 10.6. The number of esters is 2. The van der Waals surface area contributed by atoms with Crippen LogP contribution >= 0.6 is 15.9 Å². The summed E-state index contributed by atoms with van der Waals surface area (Å²) in [6.07, 6.45) is 3.24. The molecular weight excluding hydrogens is 416 g/mol. The van der Waals surface area contributed by atoms with Gasteiger partial charge in [0.15, 0.2) is 0 Å². The van der Waals surface area contributed by atoms with Gasteiger partial charge in [-0.05, 0) is 24.7 Å². The zero-order valence-electron chi connectivity index (χ0n) is 14.8. The van der Waals surface area contributed by atoms with Crippen molar-refractivity contribution < 1.29 is 32.0 Å². The van der Waals surface area contributed by atoms with E-state index in [1.807, 2.05) is 0 Å². The quantitative estimate of drug-likeness (QED) is 0.239. The highest BCUT2D eigenvalue weighted by Crippen LogP contribution is 2.49. The molecule has 0 bridgehead atoms. The van der Waals surface area contributed by atoms with Gasteiger partial charge in [-0.3, -0.25) is 14.1 Å². The zero-order chi connectivity index (χ0) is 19.5. The van der Waals surface area contributed by atoms with E-state index in [9.17, 15) is 18.0 Å². The van der Waals surface area contributed by atoms with Gasteiger partial charge in [-0.1, -0.05) is 35.0 Å². The number of ether oxygens (including phenoxy) is 2. The van der Waals surface area contributed by atoms with E-state index < -0.39 is 10.1 Å². The van der Waals surface area contributed by atoms with Gasteiger partial charge in [0.25, 0.3) is 10.1 Å². The Morgan fingerprint density at radius 2 is 1.84 bits per heavy atom. The first kappa shape index (κ1) is 24.1. The molecule has 7 nitrogen and oxygen atoms in total. The molecule has 0 spiro atoms. The lowest BCUT2D eigenvalue weighted by Gasteiger charge is -2.12. The van der Waals surface area contributed by atoms with Crippen molar-refractivity contribution in [3.05, 3.63) is 12.2 Å². The van der Waals surface area contributed by atoms with Gasteiger partial charge < -0.3 is 9.47 Å². The number of carbonyl (C=O) groups excluding carboxylic acids is 2. The number of alkyl halides is 1. The average Bonchev–Trinajstić information content (AvgIpc) is 3.24. The zero-order valence-corrected chi connectivity index (χ0v) is 17.2. The summed E-state index contributed by atoms with van der Waals surface area (Å²) in [4.78, 5) is 21.1. The Balaban J connectivity index is 0.000000477. The number of halogens is 1. The van der Waals surface area contributed by atoms with Gasteiger partial charge in [0, 0.05) is 25.1 Å². The minimum atomic E-state index is -3.91. The molecule has 0 aromatic heterocycles. The van der Waals surface area contributed by atoms with Gasteiger partial charge in [0.05, 0.1) is 19.0 Å². The molecule has 0 saturated heterocycles. The Kier molecular flexibility index (Phi) is 11.2. The van der Waals surface area contributed by atoms with Crippen LogP contribution in [-0.2, 0) is 29.2 Å². The molecule has 0 unspecified atom stereocenters. The van der Waals surface area contributed by atoms with Crippen LogP contribution in [0.25, 0.3) is 0 Å². The minimum absolute atomic E-state index is 0.146. The molecule has 9 heteroatoms. The van der Waals surface area contributed by atoms with Crippen molar-refractivity contribution in [1.82, 2.24) is 0 Å². The fourth-order valence-corrected chi connectivity index (χ4v) is 3.41. The van der Waals surface area contributed by atoms with Crippen LogP contribution in [0.5, 0.6) is 0 Å². The normalized spacial score (nSPS) is 14.7. The minimum Gasteiger partial charge on any atom is -0.466 e. The summed E-state index contributed by atoms with van der Waals surface area (Å²) >= 11 is 3.26. The number of hydrogen-bond acceptors (Lipinski definition) is 6. The maximum Gasteiger partial charge on any atom is 0.305 e. The molecule has 0 aromatic carbocycles. The lowest BCUT2D eigenvalue weighted by Crippen LogP contribution is -2.18. The fraction of sp³-hybridized carbons (Fsp3) is 0.750. The largest absolute Gasteiger partial charge is 0.466 e. The molecule has 25 heavy (non-hydrogen) atoms. The van der Waals surface area contributed by atoms with E-state index in [2.05, 4.69) is 22.5 Å². The van der Waals surface area contributed by atoms with Crippen LogP contribution in [0.2, 0.25) is 0 Å². The Morgan fingerprint density at radius 3 is 2.24 bits per heavy atom. The molecule has 0 radical (unpaired) electrons. The molecule has 1 aliphatic rings. The predicted octanol–water partition coefficient (Wildman–Crippen LogP) is 2.89. The van der Waals surface area contributed by atoms with E-state index in [4.69, 9.17) is 14.0 Å². The molecule has 146 valence electrons. The first-order valence-corrected chi connectivity index (χ1v) is 10.7. The van der Waals surface area contributed by atoms with Crippen molar-refractivity contribution in [1.29, 1.82) is 0 Å². The van der Waals surface area contributed by atoms with Crippen molar-refractivity contribution in [3.8, 4) is 0 Å². The number of rotatable bonds is 10. The standard InChI is InChI=1S/C8H13BrO2.C8H14O5S/c1-3-8(10)11-5-4-7(2)6-9;1-7(9)13-5-4-8(2-3-8)6-14(10,11)12/h2-6H2,1H3;2-6H2,1H3,(H,10,11,12). The number of hydrogen-bond donors (Lipinski definition) is 1. The Labute approximate surface area is 158 Å². The smallest absolute Gasteiger partial charge is 0.305 e.